The fraction of sp³-hybridized carbons (Fsp3) is 0.600. The van der Waals surface area contributed by atoms with E-state index in [-0.39, 0.29) is 12.1 Å². The normalized spacial score (nSPS) is 21.0. The topological polar surface area (TPSA) is 29.3 Å². The average Bonchev–Trinajstić information content (AvgIpc) is 2.14. The van der Waals surface area contributed by atoms with Crippen LogP contribution < -0.4 is 5.84 Å². The van der Waals surface area contributed by atoms with Crippen LogP contribution in [-0.4, -0.2) is 18.1 Å². The van der Waals surface area contributed by atoms with E-state index in [2.05, 4.69) is 0 Å². The zero-order chi connectivity index (χ0) is 6.85. The van der Waals surface area contributed by atoms with Gasteiger partial charge < -0.3 is 0 Å². The van der Waals surface area contributed by atoms with Crippen molar-refractivity contribution in [3.63, 3.8) is 0 Å². The second-order valence-electron chi connectivity index (χ2n) is 2.08. The van der Waals surface area contributed by atoms with Gasteiger partial charge in [0.2, 0.25) is 0 Å². The molecule has 0 unspecified atom stereocenters. The highest BCUT2D eigenvalue weighted by Crippen LogP contribution is 2.17. The van der Waals surface area contributed by atoms with Crippen molar-refractivity contribution < 1.29 is 8.78 Å². The van der Waals surface area contributed by atoms with E-state index in [1.807, 2.05) is 0 Å². The molecule has 4 heteroatoms. The third-order valence-electron chi connectivity index (χ3n) is 1.36. The van der Waals surface area contributed by atoms with Gasteiger partial charge in [0.25, 0.3) is 6.08 Å². The van der Waals surface area contributed by atoms with Crippen molar-refractivity contribution >= 4 is 0 Å². The molecule has 0 amide bonds. The van der Waals surface area contributed by atoms with E-state index in [1.54, 1.807) is 0 Å². The molecule has 0 atom stereocenters. The molecule has 1 fully saturated rings. The Kier molecular flexibility index (Phi) is 1.78. The van der Waals surface area contributed by atoms with Gasteiger partial charge in [0, 0.05) is 18.7 Å². The fourth-order valence-corrected chi connectivity index (χ4v) is 0.836. The molecular formula is C5H8F2N2. The summed E-state index contributed by atoms with van der Waals surface area (Å²) in [7, 11) is 0. The maximum absolute atomic E-state index is 11.7. The molecule has 0 aromatic heterocycles. The Bertz CT molecular complexity index is 140. The first kappa shape index (κ1) is 6.64. The first-order valence-corrected chi connectivity index (χ1v) is 2.73. The molecule has 0 radical (unpaired) electrons. The Morgan fingerprint density at radius 3 is 2.44 bits per heavy atom. The zero-order valence-corrected chi connectivity index (χ0v) is 4.90. The molecule has 0 aromatic carbocycles. The van der Waals surface area contributed by atoms with Gasteiger partial charge in [-0.3, -0.25) is 5.84 Å². The van der Waals surface area contributed by atoms with E-state index in [9.17, 15) is 8.78 Å². The summed E-state index contributed by atoms with van der Waals surface area (Å²) in [6.45, 7) is 0.773. The van der Waals surface area contributed by atoms with Crippen molar-refractivity contribution in [3.8, 4) is 0 Å². The number of hydrazine groups is 1. The standard InChI is InChI=1S/C5H8F2N2/c6-5(7)4-1-2-9(8)3-4/h1-3,8H2. The number of hydrogen-bond donors (Lipinski definition) is 1. The first-order valence-electron chi connectivity index (χ1n) is 2.73. The van der Waals surface area contributed by atoms with E-state index in [0.29, 0.717) is 13.0 Å². The summed E-state index contributed by atoms with van der Waals surface area (Å²) in [6, 6.07) is 0. The Morgan fingerprint density at radius 2 is 2.22 bits per heavy atom. The number of rotatable bonds is 0. The van der Waals surface area contributed by atoms with Crippen molar-refractivity contribution in [2.24, 2.45) is 5.84 Å². The van der Waals surface area contributed by atoms with E-state index in [4.69, 9.17) is 5.84 Å². The summed E-state index contributed by atoms with van der Waals surface area (Å²) in [4.78, 5) is 0. The van der Waals surface area contributed by atoms with Gasteiger partial charge in [-0.05, 0) is 6.42 Å². The van der Waals surface area contributed by atoms with Crippen LogP contribution in [0.3, 0.4) is 0 Å². The van der Waals surface area contributed by atoms with Crippen molar-refractivity contribution in [3.05, 3.63) is 11.7 Å². The SMILES string of the molecule is NN1CCC(=C(F)F)C1. The van der Waals surface area contributed by atoms with E-state index < -0.39 is 6.08 Å². The highest BCUT2D eigenvalue weighted by Gasteiger charge is 2.16. The lowest BCUT2D eigenvalue weighted by Gasteiger charge is -2.01. The van der Waals surface area contributed by atoms with E-state index in [0.717, 1.165) is 0 Å². The second kappa shape index (κ2) is 2.41. The zero-order valence-electron chi connectivity index (χ0n) is 4.90. The molecular weight excluding hydrogens is 126 g/mol. The molecule has 2 nitrogen and oxygen atoms in total. The molecule has 9 heavy (non-hydrogen) atoms. The molecule has 2 N–H and O–H groups in total. The van der Waals surface area contributed by atoms with E-state index >= 15 is 0 Å². The predicted octanol–water partition coefficient (Wildman–Crippen LogP) is 0.716. The van der Waals surface area contributed by atoms with Crippen LogP contribution in [0.1, 0.15) is 6.42 Å². The highest BCUT2D eigenvalue weighted by molar-refractivity contribution is 5.08. The van der Waals surface area contributed by atoms with Crippen LogP contribution in [0.5, 0.6) is 0 Å². The van der Waals surface area contributed by atoms with E-state index in [1.165, 1.54) is 5.01 Å². The van der Waals surface area contributed by atoms with Crippen molar-refractivity contribution in [1.82, 2.24) is 5.01 Å². The van der Waals surface area contributed by atoms with Crippen LogP contribution in [-0.2, 0) is 0 Å². The molecule has 1 heterocycles. The third kappa shape index (κ3) is 1.46. The summed E-state index contributed by atoms with van der Waals surface area (Å²) in [5.41, 5.74) is 0.178. The van der Waals surface area contributed by atoms with Gasteiger partial charge in [0.15, 0.2) is 0 Å². The second-order valence-corrected chi connectivity index (χ2v) is 2.08. The molecule has 0 bridgehead atoms. The maximum atomic E-state index is 11.7. The average molecular weight is 134 g/mol. The van der Waals surface area contributed by atoms with Gasteiger partial charge in [0.1, 0.15) is 0 Å². The Morgan fingerprint density at radius 1 is 1.56 bits per heavy atom. The summed E-state index contributed by atoms with van der Waals surface area (Å²) < 4.78 is 23.4. The van der Waals surface area contributed by atoms with Crippen LogP contribution in [0.4, 0.5) is 8.78 Å². The largest absolute Gasteiger partial charge is 0.270 e. The lowest BCUT2D eigenvalue weighted by molar-refractivity contribution is 0.355. The Hall–Kier alpha value is -0.480. The molecule has 0 spiro atoms. The quantitative estimate of drug-likeness (QED) is 0.494. The minimum atomic E-state index is -1.57. The number of halogens is 2. The minimum absolute atomic E-state index is 0.178. The number of nitrogens with two attached hydrogens (primary N) is 1. The molecule has 1 saturated heterocycles. The van der Waals surface area contributed by atoms with Gasteiger partial charge in [-0.25, -0.2) is 5.01 Å². The lowest BCUT2D eigenvalue weighted by atomic mass is 10.3. The van der Waals surface area contributed by atoms with Gasteiger partial charge in [-0.2, -0.15) is 8.78 Å². The molecule has 1 aliphatic rings. The van der Waals surface area contributed by atoms with Crippen LogP contribution in [0.25, 0.3) is 0 Å². The molecule has 52 valence electrons. The molecule has 0 aliphatic carbocycles. The molecule has 1 rings (SSSR count). The molecule has 0 saturated carbocycles. The van der Waals surface area contributed by atoms with Crippen LogP contribution in [0.2, 0.25) is 0 Å². The predicted molar refractivity (Wildman–Crippen MR) is 29.6 cm³/mol. The van der Waals surface area contributed by atoms with Crippen LogP contribution >= 0.6 is 0 Å². The summed E-state index contributed by atoms with van der Waals surface area (Å²) >= 11 is 0. The number of hydrogen-bond acceptors (Lipinski definition) is 2. The highest BCUT2D eigenvalue weighted by atomic mass is 19.3. The Labute approximate surface area is 51.9 Å². The van der Waals surface area contributed by atoms with Crippen molar-refractivity contribution in [2.45, 2.75) is 6.42 Å². The number of nitrogens with zero attached hydrogens (tertiary/aromatic N) is 1. The smallest absolute Gasteiger partial charge is 0.268 e. The maximum Gasteiger partial charge on any atom is 0.270 e. The first-order chi connectivity index (χ1) is 4.20. The van der Waals surface area contributed by atoms with Crippen molar-refractivity contribution in [1.29, 1.82) is 0 Å². The fourth-order valence-electron chi connectivity index (χ4n) is 0.836. The summed E-state index contributed by atoms with van der Waals surface area (Å²) in [6.07, 6.45) is -1.15. The lowest BCUT2D eigenvalue weighted by Crippen LogP contribution is -2.26. The summed E-state index contributed by atoms with van der Waals surface area (Å²) in [5, 5.41) is 1.38. The monoisotopic (exact) mass is 134 g/mol. The van der Waals surface area contributed by atoms with Gasteiger partial charge >= 0.3 is 0 Å². The third-order valence-corrected chi connectivity index (χ3v) is 1.36. The van der Waals surface area contributed by atoms with Gasteiger partial charge in [-0.15, -0.1) is 0 Å². The Balaban J connectivity index is 2.58. The van der Waals surface area contributed by atoms with Crippen molar-refractivity contribution in [2.75, 3.05) is 13.1 Å². The minimum Gasteiger partial charge on any atom is -0.268 e. The summed E-state index contributed by atoms with van der Waals surface area (Å²) in [5.74, 6) is 5.23. The van der Waals surface area contributed by atoms with Crippen LogP contribution in [0, 0.1) is 0 Å². The molecule has 0 aromatic rings. The van der Waals surface area contributed by atoms with Gasteiger partial charge in [-0.1, -0.05) is 0 Å². The van der Waals surface area contributed by atoms with Gasteiger partial charge in [0.05, 0.1) is 0 Å². The van der Waals surface area contributed by atoms with Crippen LogP contribution in [0.15, 0.2) is 11.7 Å². The molecule has 1 aliphatic heterocycles.